The first kappa shape index (κ1) is 13.1. The molecule has 0 aliphatic carbocycles. The molecule has 96 valence electrons. The quantitative estimate of drug-likeness (QED) is 0.902. The maximum atomic E-state index is 5.74. The summed E-state index contributed by atoms with van der Waals surface area (Å²) < 4.78 is 7.72. The van der Waals surface area contributed by atoms with Crippen LogP contribution in [0.25, 0.3) is 5.69 Å². The minimum Gasteiger partial charge on any atom is -0.372 e. The van der Waals surface area contributed by atoms with E-state index in [9.17, 15) is 0 Å². The lowest BCUT2D eigenvalue weighted by molar-refractivity contribution is 0.0485. The van der Waals surface area contributed by atoms with Crippen LogP contribution in [0.4, 0.5) is 0 Å². The molecule has 0 radical (unpaired) electrons. The van der Waals surface area contributed by atoms with Gasteiger partial charge in [-0.2, -0.15) is 0 Å². The highest BCUT2D eigenvalue weighted by Gasteiger charge is 2.21. The summed E-state index contributed by atoms with van der Waals surface area (Å²) >= 11 is 0. The van der Waals surface area contributed by atoms with Crippen LogP contribution in [0.2, 0.25) is 0 Å². The van der Waals surface area contributed by atoms with Crippen molar-refractivity contribution >= 4 is 12.4 Å². The molecule has 0 saturated heterocycles. The van der Waals surface area contributed by atoms with Gasteiger partial charge in [0.1, 0.15) is 0 Å². The molecule has 1 aliphatic heterocycles. The Morgan fingerprint density at radius 3 is 3.06 bits per heavy atom. The molecule has 0 bridgehead atoms. The van der Waals surface area contributed by atoms with Crippen molar-refractivity contribution in [2.24, 2.45) is 5.73 Å². The number of benzene rings is 1. The smallest absolute Gasteiger partial charge is 0.0991 e. The Labute approximate surface area is 112 Å². The molecule has 0 fully saturated rings. The summed E-state index contributed by atoms with van der Waals surface area (Å²) in [4.78, 5) is 4.09. The summed E-state index contributed by atoms with van der Waals surface area (Å²) in [6.45, 7) is 1.26. The fourth-order valence-electron chi connectivity index (χ4n) is 2.40. The molecule has 2 N–H and O–H groups in total. The molecule has 18 heavy (non-hydrogen) atoms. The van der Waals surface area contributed by atoms with Crippen molar-refractivity contribution in [1.29, 1.82) is 0 Å². The molecule has 1 aliphatic rings. The fraction of sp³-hybridized carbons (Fsp3) is 0.308. The molecule has 1 atom stereocenters. The Bertz CT molecular complexity index is 513. The van der Waals surface area contributed by atoms with Gasteiger partial charge in [-0.15, -0.1) is 12.4 Å². The maximum absolute atomic E-state index is 5.74. The lowest BCUT2D eigenvalue weighted by Gasteiger charge is -2.27. The van der Waals surface area contributed by atoms with Gasteiger partial charge in [0, 0.05) is 18.9 Å². The Kier molecular flexibility index (Phi) is 4.01. The normalized spacial score (nSPS) is 17.9. The van der Waals surface area contributed by atoms with Crippen LogP contribution >= 0.6 is 12.4 Å². The number of hydrogen-bond donors (Lipinski definition) is 1. The first-order valence-electron chi connectivity index (χ1n) is 5.82. The summed E-state index contributed by atoms with van der Waals surface area (Å²) in [6.07, 6.45) is 6.53. The molecule has 1 aromatic carbocycles. The molecule has 0 amide bonds. The van der Waals surface area contributed by atoms with Gasteiger partial charge in [-0.3, -0.25) is 0 Å². The molecule has 2 aromatic rings. The number of hydrogen-bond acceptors (Lipinski definition) is 3. The fourth-order valence-corrected chi connectivity index (χ4v) is 2.40. The molecule has 2 heterocycles. The zero-order valence-electron chi connectivity index (χ0n) is 9.95. The van der Waals surface area contributed by atoms with E-state index in [-0.39, 0.29) is 18.5 Å². The van der Waals surface area contributed by atoms with E-state index in [0.29, 0.717) is 6.54 Å². The Morgan fingerprint density at radius 1 is 1.44 bits per heavy atom. The first-order valence-corrected chi connectivity index (χ1v) is 5.82. The van der Waals surface area contributed by atoms with Gasteiger partial charge in [0.05, 0.1) is 24.7 Å². The van der Waals surface area contributed by atoms with E-state index in [0.717, 1.165) is 13.0 Å². The third-order valence-corrected chi connectivity index (χ3v) is 3.20. The second-order valence-electron chi connectivity index (χ2n) is 4.16. The van der Waals surface area contributed by atoms with Crippen molar-refractivity contribution < 1.29 is 4.74 Å². The average Bonchev–Trinajstić information content (AvgIpc) is 2.91. The second kappa shape index (κ2) is 5.52. The second-order valence-corrected chi connectivity index (χ2v) is 4.16. The largest absolute Gasteiger partial charge is 0.372 e. The summed E-state index contributed by atoms with van der Waals surface area (Å²) in [5, 5.41) is 0. The molecule has 0 unspecified atom stereocenters. The molecular weight excluding hydrogens is 250 g/mol. The van der Waals surface area contributed by atoms with Crippen LogP contribution in [-0.2, 0) is 11.2 Å². The molecule has 5 heteroatoms. The third-order valence-electron chi connectivity index (χ3n) is 3.20. The molecule has 0 saturated carbocycles. The van der Waals surface area contributed by atoms with Crippen molar-refractivity contribution in [3.63, 3.8) is 0 Å². The number of aromatic nitrogens is 2. The highest BCUT2D eigenvalue weighted by Crippen LogP contribution is 2.30. The first-order chi connectivity index (χ1) is 8.40. The van der Waals surface area contributed by atoms with Crippen molar-refractivity contribution in [2.45, 2.75) is 12.5 Å². The van der Waals surface area contributed by atoms with Crippen LogP contribution in [0, 0.1) is 0 Å². The van der Waals surface area contributed by atoms with Crippen molar-refractivity contribution in [1.82, 2.24) is 9.55 Å². The average molecular weight is 266 g/mol. The molecule has 4 nitrogen and oxygen atoms in total. The Balaban J connectivity index is 0.00000120. The van der Waals surface area contributed by atoms with E-state index in [1.54, 1.807) is 6.20 Å². The minimum atomic E-state index is 0. The van der Waals surface area contributed by atoms with Gasteiger partial charge in [-0.1, -0.05) is 12.1 Å². The number of nitrogens with two attached hydrogens (primary N) is 1. The molecule has 3 rings (SSSR count). The van der Waals surface area contributed by atoms with E-state index < -0.39 is 0 Å². The zero-order chi connectivity index (χ0) is 11.7. The van der Waals surface area contributed by atoms with Crippen molar-refractivity contribution in [3.8, 4) is 5.69 Å². The maximum Gasteiger partial charge on any atom is 0.0991 e. The van der Waals surface area contributed by atoms with E-state index in [2.05, 4.69) is 17.1 Å². The minimum absolute atomic E-state index is 0. The summed E-state index contributed by atoms with van der Waals surface area (Å²) in [5.74, 6) is 0. The lowest BCUT2D eigenvalue weighted by atomic mass is 9.95. The molecule has 1 aromatic heterocycles. The van der Waals surface area contributed by atoms with Crippen LogP contribution in [0.3, 0.4) is 0 Å². The lowest BCUT2D eigenvalue weighted by Crippen LogP contribution is -2.24. The Morgan fingerprint density at radius 2 is 2.33 bits per heavy atom. The van der Waals surface area contributed by atoms with E-state index in [4.69, 9.17) is 10.5 Å². The van der Waals surface area contributed by atoms with Crippen molar-refractivity contribution in [3.05, 3.63) is 48.0 Å². The van der Waals surface area contributed by atoms with Gasteiger partial charge >= 0.3 is 0 Å². The van der Waals surface area contributed by atoms with Gasteiger partial charge in [-0.25, -0.2) is 4.98 Å². The van der Waals surface area contributed by atoms with Crippen LogP contribution in [0.15, 0.2) is 36.9 Å². The number of halogens is 1. The molecule has 0 spiro atoms. The number of imidazole rings is 1. The van der Waals surface area contributed by atoms with Crippen LogP contribution in [0.5, 0.6) is 0 Å². The topological polar surface area (TPSA) is 53.1 Å². The predicted molar refractivity (Wildman–Crippen MR) is 72.3 cm³/mol. The van der Waals surface area contributed by atoms with Gasteiger partial charge in [0.2, 0.25) is 0 Å². The number of ether oxygens (including phenoxy) is 1. The predicted octanol–water partition coefficient (Wildman–Crippen LogP) is 1.87. The third kappa shape index (κ3) is 2.14. The van der Waals surface area contributed by atoms with Crippen molar-refractivity contribution in [2.75, 3.05) is 13.2 Å². The van der Waals surface area contributed by atoms with Gasteiger partial charge < -0.3 is 15.0 Å². The number of fused-ring (bicyclic) bond motifs is 1. The van der Waals surface area contributed by atoms with Crippen LogP contribution in [-0.4, -0.2) is 22.7 Å². The standard InChI is InChI=1S/C13H15N3O.ClH/c14-8-13-11-2-1-3-12(10(11)4-7-17-13)16-6-5-15-9-16;/h1-3,5-6,9,13H,4,7-8,14H2;1H/t13-;/m1./s1. The number of rotatable bonds is 2. The highest BCUT2D eigenvalue weighted by molar-refractivity contribution is 5.85. The van der Waals surface area contributed by atoms with Gasteiger partial charge in [-0.05, 0) is 23.6 Å². The van der Waals surface area contributed by atoms with E-state index >= 15 is 0 Å². The van der Waals surface area contributed by atoms with Gasteiger partial charge in [0.25, 0.3) is 0 Å². The highest BCUT2D eigenvalue weighted by atomic mass is 35.5. The zero-order valence-corrected chi connectivity index (χ0v) is 10.8. The van der Waals surface area contributed by atoms with E-state index in [1.807, 2.05) is 23.2 Å². The van der Waals surface area contributed by atoms with Crippen LogP contribution < -0.4 is 5.73 Å². The summed E-state index contributed by atoms with van der Waals surface area (Å²) in [6, 6.07) is 6.26. The Hall–Kier alpha value is -1.36. The van der Waals surface area contributed by atoms with Crippen LogP contribution in [0.1, 0.15) is 17.2 Å². The summed E-state index contributed by atoms with van der Waals surface area (Å²) in [5.41, 5.74) is 9.46. The van der Waals surface area contributed by atoms with E-state index in [1.165, 1.54) is 16.8 Å². The monoisotopic (exact) mass is 265 g/mol. The SMILES string of the molecule is Cl.NC[C@H]1OCCc2c1cccc2-n1ccnc1. The number of nitrogens with zero attached hydrogens (tertiary/aromatic N) is 2. The van der Waals surface area contributed by atoms with Gasteiger partial charge in [0.15, 0.2) is 0 Å². The molecular formula is C13H16ClN3O. The summed E-state index contributed by atoms with van der Waals surface area (Å²) in [7, 11) is 0.